The van der Waals surface area contributed by atoms with Crippen LogP contribution in [0.3, 0.4) is 0 Å². The molecule has 1 aliphatic rings. The number of nitrogens with zero attached hydrogens (tertiary/aromatic N) is 2. The Bertz CT molecular complexity index is 562. The zero-order valence-electron chi connectivity index (χ0n) is 11.3. The first-order valence-electron chi connectivity index (χ1n) is 7.02. The van der Waals surface area contributed by atoms with Crippen LogP contribution in [0.5, 0.6) is 0 Å². The van der Waals surface area contributed by atoms with E-state index < -0.39 is 0 Å². The van der Waals surface area contributed by atoms with E-state index >= 15 is 0 Å². The van der Waals surface area contributed by atoms with E-state index in [-0.39, 0.29) is 0 Å². The monoisotopic (exact) mass is 273 g/mol. The molecular weight excluding hydrogens is 254 g/mol. The minimum atomic E-state index is 0.969. The highest BCUT2D eigenvalue weighted by Crippen LogP contribution is 2.29. The lowest BCUT2D eigenvalue weighted by molar-refractivity contribution is 0.710. The smallest absolute Gasteiger partial charge is 0.147 e. The predicted octanol–water partition coefficient (Wildman–Crippen LogP) is 2.85. The molecule has 1 N–H and O–H groups in total. The van der Waals surface area contributed by atoms with Crippen molar-refractivity contribution < 1.29 is 0 Å². The van der Waals surface area contributed by atoms with Gasteiger partial charge in [0.2, 0.25) is 0 Å². The minimum Gasteiger partial charge on any atom is -0.317 e. The standard InChI is InChI=1S/C15H19N3S/c1-2-16-9-8-14-17-18-15(19-14)13-7-6-11-4-3-5-12(11)10-13/h6-7,10,16H,2-5,8-9H2,1H3. The van der Waals surface area contributed by atoms with Crippen molar-refractivity contribution in [1.82, 2.24) is 15.5 Å². The first-order valence-corrected chi connectivity index (χ1v) is 7.83. The summed E-state index contributed by atoms with van der Waals surface area (Å²) in [5, 5.41) is 14.1. The summed E-state index contributed by atoms with van der Waals surface area (Å²) in [6.07, 6.45) is 4.72. The van der Waals surface area contributed by atoms with Gasteiger partial charge in [0.25, 0.3) is 0 Å². The molecule has 2 aromatic rings. The molecule has 0 aliphatic heterocycles. The highest BCUT2D eigenvalue weighted by atomic mass is 32.1. The van der Waals surface area contributed by atoms with Crippen molar-refractivity contribution in [3.05, 3.63) is 34.3 Å². The van der Waals surface area contributed by atoms with E-state index in [0.717, 1.165) is 29.5 Å². The molecule has 0 bridgehead atoms. The van der Waals surface area contributed by atoms with Gasteiger partial charge in [0.05, 0.1) is 0 Å². The molecule has 100 valence electrons. The zero-order valence-corrected chi connectivity index (χ0v) is 12.1. The van der Waals surface area contributed by atoms with Crippen LogP contribution < -0.4 is 5.32 Å². The molecule has 0 atom stereocenters. The molecule has 3 nitrogen and oxygen atoms in total. The number of nitrogens with one attached hydrogen (secondary N) is 1. The van der Waals surface area contributed by atoms with Crippen LogP contribution in [0.25, 0.3) is 10.6 Å². The molecule has 0 unspecified atom stereocenters. The Hall–Kier alpha value is -1.26. The third kappa shape index (κ3) is 2.85. The van der Waals surface area contributed by atoms with Crippen molar-refractivity contribution >= 4 is 11.3 Å². The van der Waals surface area contributed by atoms with Gasteiger partial charge in [-0.25, -0.2) is 0 Å². The summed E-state index contributed by atoms with van der Waals surface area (Å²) in [6.45, 7) is 4.11. The summed E-state index contributed by atoms with van der Waals surface area (Å²) < 4.78 is 0. The van der Waals surface area contributed by atoms with E-state index in [1.54, 1.807) is 11.3 Å². The fraction of sp³-hybridized carbons (Fsp3) is 0.467. The molecule has 0 saturated heterocycles. The Kier molecular flexibility index (Phi) is 3.89. The molecule has 3 rings (SSSR count). The summed E-state index contributed by atoms with van der Waals surface area (Å²) in [5.74, 6) is 0. The molecule has 0 spiro atoms. The Balaban J connectivity index is 1.75. The van der Waals surface area contributed by atoms with E-state index in [9.17, 15) is 0 Å². The fourth-order valence-corrected chi connectivity index (χ4v) is 3.38. The van der Waals surface area contributed by atoms with Gasteiger partial charge in [-0.3, -0.25) is 0 Å². The first kappa shape index (κ1) is 12.8. The maximum Gasteiger partial charge on any atom is 0.147 e. The molecule has 1 aromatic carbocycles. The molecule has 0 radical (unpaired) electrons. The molecule has 0 saturated carbocycles. The van der Waals surface area contributed by atoms with Gasteiger partial charge < -0.3 is 5.32 Å². The molecule has 1 heterocycles. The van der Waals surface area contributed by atoms with E-state index in [2.05, 4.69) is 40.6 Å². The lowest BCUT2D eigenvalue weighted by Gasteiger charge is -2.01. The normalized spacial score (nSPS) is 13.7. The lowest BCUT2D eigenvalue weighted by Crippen LogP contribution is -2.15. The van der Waals surface area contributed by atoms with E-state index in [1.807, 2.05) is 0 Å². The lowest BCUT2D eigenvalue weighted by atomic mass is 10.1. The third-order valence-corrected chi connectivity index (χ3v) is 4.61. The van der Waals surface area contributed by atoms with Gasteiger partial charge in [0.1, 0.15) is 10.0 Å². The highest BCUT2D eigenvalue weighted by Gasteiger charge is 2.13. The molecule has 0 amide bonds. The number of hydrogen-bond acceptors (Lipinski definition) is 4. The van der Waals surface area contributed by atoms with Crippen LogP contribution in [-0.2, 0) is 19.3 Å². The van der Waals surface area contributed by atoms with Gasteiger partial charge in [-0.15, -0.1) is 10.2 Å². The SMILES string of the molecule is CCNCCc1nnc(-c2ccc3c(c2)CCC3)s1. The zero-order chi connectivity index (χ0) is 13.1. The van der Waals surface area contributed by atoms with Crippen LogP contribution in [0, 0.1) is 0 Å². The number of hydrogen-bond donors (Lipinski definition) is 1. The molecule has 19 heavy (non-hydrogen) atoms. The van der Waals surface area contributed by atoms with Gasteiger partial charge in [0.15, 0.2) is 0 Å². The maximum absolute atomic E-state index is 4.33. The van der Waals surface area contributed by atoms with Crippen LogP contribution in [0.15, 0.2) is 18.2 Å². The van der Waals surface area contributed by atoms with Crippen molar-refractivity contribution in [1.29, 1.82) is 0 Å². The number of benzene rings is 1. The van der Waals surface area contributed by atoms with Gasteiger partial charge in [-0.2, -0.15) is 0 Å². The number of aryl methyl sites for hydroxylation is 2. The van der Waals surface area contributed by atoms with Crippen LogP contribution >= 0.6 is 11.3 Å². The van der Waals surface area contributed by atoms with E-state index in [0.29, 0.717) is 0 Å². The molecule has 4 heteroatoms. The Morgan fingerprint density at radius 3 is 3.00 bits per heavy atom. The molecule has 1 aromatic heterocycles. The Labute approximate surface area is 118 Å². The van der Waals surface area contributed by atoms with Crippen molar-refractivity contribution in [2.45, 2.75) is 32.6 Å². The van der Waals surface area contributed by atoms with E-state index in [4.69, 9.17) is 0 Å². The second-order valence-electron chi connectivity index (χ2n) is 4.94. The summed E-state index contributed by atoms with van der Waals surface area (Å²) in [5.41, 5.74) is 4.25. The number of aromatic nitrogens is 2. The number of rotatable bonds is 5. The average molecular weight is 273 g/mol. The molecule has 0 fully saturated rings. The minimum absolute atomic E-state index is 0.969. The summed E-state index contributed by atoms with van der Waals surface area (Å²) in [6, 6.07) is 6.76. The summed E-state index contributed by atoms with van der Waals surface area (Å²) >= 11 is 1.72. The van der Waals surface area contributed by atoms with Gasteiger partial charge in [0, 0.05) is 18.5 Å². The van der Waals surface area contributed by atoms with Gasteiger partial charge >= 0.3 is 0 Å². The Morgan fingerprint density at radius 2 is 2.11 bits per heavy atom. The van der Waals surface area contributed by atoms with Crippen molar-refractivity contribution in [3.63, 3.8) is 0 Å². The van der Waals surface area contributed by atoms with Crippen molar-refractivity contribution in [2.75, 3.05) is 13.1 Å². The topological polar surface area (TPSA) is 37.8 Å². The first-order chi connectivity index (χ1) is 9.36. The average Bonchev–Trinajstić information content (AvgIpc) is 3.06. The predicted molar refractivity (Wildman–Crippen MR) is 79.6 cm³/mol. The van der Waals surface area contributed by atoms with Crippen LogP contribution in [0.2, 0.25) is 0 Å². The second-order valence-corrected chi connectivity index (χ2v) is 6.00. The largest absolute Gasteiger partial charge is 0.317 e. The quantitative estimate of drug-likeness (QED) is 0.851. The van der Waals surface area contributed by atoms with Gasteiger partial charge in [-0.05, 0) is 43.0 Å². The van der Waals surface area contributed by atoms with Crippen molar-refractivity contribution in [3.8, 4) is 10.6 Å². The van der Waals surface area contributed by atoms with E-state index in [1.165, 1.54) is 36.0 Å². The summed E-state index contributed by atoms with van der Waals surface area (Å²) in [4.78, 5) is 0. The fourth-order valence-electron chi connectivity index (χ4n) is 2.55. The summed E-state index contributed by atoms with van der Waals surface area (Å²) in [7, 11) is 0. The number of likely N-dealkylation sites (N-methyl/N-ethyl adjacent to an activating group) is 1. The Morgan fingerprint density at radius 1 is 1.21 bits per heavy atom. The highest BCUT2D eigenvalue weighted by molar-refractivity contribution is 7.14. The third-order valence-electron chi connectivity index (χ3n) is 3.58. The maximum atomic E-state index is 4.33. The molecule has 1 aliphatic carbocycles. The van der Waals surface area contributed by atoms with Crippen LogP contribution in [0.4, 0.5) is 0 Å². The van der Waals surface area contributed by atoms with Gasteiger partial charge in [-0.1, -0.05) is 30.4 Å². The molecular formula is C15H19N3S. The van der Waals surface area contributed by atoms with Crippen LogP contribution in [0.1, 0.15) is 29.5 Å². The van der Waals surface area contributed by atoms with Crippen molar-refractivity contribution in [2.24, 2.45) is 0 Å². The number of fused-ring (bicyclic) bond motifs is 1. The van der Waals surface area contributed by atoms with Crippen LogP contribution in [-0.4, -0.2) is 23.3 Å². The second kappa shape index (κ2) is 5.80.